The van der Waals surface area contributed by atoms with Gasteiger partial charge in [0.25, 0.3) is 0 Å². The first-order valence-electron chi connectivity index (χ1n) is 4.73. The lowest BCUT2D eigenvalue weighted by atomic mass is 10.1. The number of carboxylic acids is 1. The van der Waals surface area contributed by atoms with Crippen LogP contribution in [0.5, 0.6) is 5.75 Å². The van der Waals surface area contributed by atoms with Crippen LogP contribution in [0.15, 0.2) is 18.2 Å². The molecular weight excluding hydrogens is 232 g/mol. The van der Waals surface area contributed by atoms with Gasteiger partial charge in [-0.15, -0.1) is 11.6 Å². The third-order valence-corrected chi connectivity index (χ3v) is 2.10. The molecule has 0 radical (unpaired) electrons. The average Bonchev–Trinajstić information content (AvgIpc) is 2.27. The highest BCUT2D eigenvalue weighted by Gasteiger charge is 2.09. The van der Waals surface area contributed by atoms with Crippen LogP contribution in [-0.4, -0.2) is 30.7 Å². The Balaban J connectivity index is 2.94. The van der Waals surface area contributed by atoms with Crippen molar-refractivity contribution < 1.29 is 19.4 Å². The number of hydrogen-bond acceptors (Lipinski definition) is 3. The topological polar surface area (TPSA) is 55.8 Å². The first-order valence-corrected chi connectivity index (χ1v) is 5.26. The molecule has 1 rings (SSSR count). The zero-order valence-corrected chi connectivity index (χ0v) is 9.66. The molecule has 1 aromatic rings. The molecule has 0 amide bonds. The molecular formula is C11H13ClO4. The van der Waals surface area contributed by atoms with E-state index in [1.54, 1.807) is 13.2 Å². The van der Waals surface area contributed by atoms with Crippen LogP contribution < -0.4 is 4.74 Å². The quantitative estimate of drug-likeness (QED) is 0.779. The summed E-state index contributed by atoms with van der Waals surface area (Å²) in [6.45, 7) is 0.684. The maximum Gasteiger partial charge on any atom is 0.335 e. The van der Waals surface area contributed by atoms with E-state index in [0.29, 0.717) is 30.4 Å². The predicted molar refractivity (Wildman–Crippen MR) is 60.3 cm³/mol. The molecule has 0 aromatic heterocycles. The van der Waals surface area contributed by atoms with E-state index in [9.17, 15) is 4.79 Å². The Kier molecular flexibility index (Phi) is 5.08. The van der Waals surface area contributed by atoms with Gasteiger partial charge in [0.15, 0.2) is 0 Å². The number of halogens is 1. The number of rotatable bonds is 6. The normalized spacial score (nSPS) is 10.1. The highest BCUT2D eigenvalue weighted by atomic mass is 35.5. The minimum atomic E-state index is -0.971. The van der Waals surface area contributed by atoms with Crippen LogP contribution in [0.2, 0.25) is 0 Å². The van der Waals surface area contributed by atoms with Crippen LogP contribution in [0.25, 0.3) is 0 Å². The number of alkyl halides is 1. The molecule has 1 aromatic carbocycles. The Morgan fingerprint density at radius 3 is 2.81 bits per heavy atom. The van der Waals surface area contributed by atoms with E-state index in [0.717, 1.165) is 0 Å². The van der Waals surface area contributed by atoms with Crippen LogP contribution in [0.4, 0.5) is 0 Å². The Hall–Kier alpha value is -1.26. The first-order chi connectivity index (χ1) is 7.69. The van der Waals surface area contributed by atoms with E-state index in [4.69, 9.17) is 26.2 Å². The third kappa shape index (κ3) is 3.40. The average molecular weight is 245 g/mol. The number of carboxylic acid groups (broad SMARTS) is 1. The maximum atomic E-state index is 10.8. The van der Waals surface area contributed by atoms with Gasteiger partial charge in [-0.1, -0.05) is 0 Å². The highest BCUT2D eigenvalue weighted by Crippen LogP contribution is 2.21. The first kappa shape index (κ1) is 12.8. The molecule has 1 N–H and O–H groups in total. The van der Waals surface area contributed by atoms with Crippen LogP contribution in [0.3, 0.4) is 0 Å². The molecule has 0 spiro atoms. The maximum absolute atomic E-state index is 10.8. The fraction of sp³-hybridized carbons (Fsp3) is 0.364. The molecule has 0 bridgehead atoms. The third-order valence-electron chi connectivity index (χ3n) is 1.94. The smallest absolute Gasteiger partial charge is 0.335 e. The summed E-state index contributed by atoms with van der Waals surface area (Å²) in [4.78, 5) is 10.8. The summed E-state index contributed by atoms with van der Waals surface area (Å²) < 4.78 is 10.3. The van der Waals surface area contributed by atoms with Gasteiger partial charge in [-0.2, -0.15) is 0 Å². The SMILES string of the molecule is COCc1cc(C(=O)O)ccc1OCCCl. The van der Waals surface area contributed by atoms with Gasteiger partial charge >= 0.3 is 5.97 Å². The number of hydrogen-bond donors (Lipinski definition) is 1. The fourth-order valence-corrected chi connectivity index (χ4v) is 1.35. The summed E-state index contributed by atoms with van der Waals surface area (Å²) in [6.07, 6.45) is 0. The van der Waals surface area contributed by atoms with Crippen LogP contribution in [0, 0.1) is 0 Å². The summed E-state index contributed by atoms with van der Waals surface area (Å²) in [5.41, 5.74) is 0.915. The number of benzene rings is 1. The van der Waals surface area contributed by atoms with Crippen molar-refractivity contribution in [3.05, 3.63) is 29.3 Å². The number of aromatic carboxylic acids is 1. The minimum absolute atomic E-state index is 0.213. The van der Waals surface area contributed by atoms with E-state index < -0.39 is 5.97 Å². The van der Waals surface area contributed by atoms with Gasteiger partial charge in [0, 0.05) is 12.7 Å². The Labute approximate surface area is 98.7 Å². The van der Waals surface area contributed by atoms with Crippen molar-refractivity contribution >= 4 is 17.6 Å². The second-order valence-electron chi connectivity index (χ2n) is 3.10. The molecule has 0 saturated heterocycles. The summed E-state index contributed by atoms with van der Waals surface area (Å²) >= 11 is 5.51. The second kappa shape index (κ2) is 6.35. The molecule has 4 nitrogen and oxygen atoms in total. The lowest BCUT2D eigenvalue weighted by Gasteiger charge is -2.10. The van der Waals surface area contributed by atoms with Crippen molar-refractivity contribution in [3.63, 3.8) is 0 Å². The van der Waals surface area contributed by atoms with Gasteiger partial charge in [0.05, 0.1) is 18.1 Å². The molecule has 0 saturated carbocycles. The van der Waals surface area contributed by atoms with E-state index in [2.05, 4.69) is 0 Å². The number of carbonyl (C=O) groups is 1. The Morgan fingerprint density at radius 1 is 1.50 bits per heavy atom. The van der Waals surface area contributed by atoms with E-state index in [1.807, 2.05) is 0 Å². The van der Waals surface area contributed by atoms with Crippen LogP contribution in [0.1, 0.15) is 15.9 Å². The zero-order chi connectivity index (χ0) is 12.0. The summed E-state index contributed by atoms with van der Waals surface area (Å²) in [7, 11) is 1.54. The van der Waals surface area contributed by atoms with Gasteiger partial charge in [0.1, 0.15) is 12.4 Å². The van der Waals surface area contributed by atoms with Crippen molar-refractivity contribution in [2.45, 2.75) is 6.61 Å². The number of ether oxygens (including phenoxy) is 2. The van der Waals surface area contributed by atoms with Crippen molar-refractivity contribution in [2.24, 2.45) is 0 Å². The monoisotopic (exact) mass is 244 g/mol. The molecule has 0 atom stereocenters. The van der Waals surface area contributed by atoms with Gasteiger partial charge in [-0.3, -0.25) is 0 Å². The van der Waals surface area contributed by atoms with Crippen LogP contribution in [-0.2, 0) is 11.3 Å². The highest BCUT2D eigenvalue weighted by molar-refractivity contribution is 6.18. The predicted octanol–water partition coefficient (Wildman–Crippen LogP) is 2.15. The van der Waals surface area contributed by atoms with E-state index in [1.165, 1.54) is 12.1 Å². The minimum Gasteiger partial charge on any atom is -0.492 e. The Morgan fingerprint density at radius 2 is 2.25 bits per heavy atom. The molecule has 0 heterocycles. The molecule has 5 heteroatoms. The van der Waals surface area contributed by atoms with Gasteiger partial charge in [-0.05, 0) is 18.2 Å². The summed E-state index contributed by atoms with van der Waals surface area (Å²) in [6, 6.07) is 4.64. The molecule has 0 aliphatic heterocycles. The molecule has 16 heavy (non-hydrogen) atoms. The molecule has 0 fully saturated rings. The van der Waals surface area contributed by atoms with Gasteiger partial charge in [0.2, 0.25) is 0 Å². The van der Waals surface area contributed by atoms with Crippen molar-refractivity contribution in [2.75, 3.05) is 19.6 Å². The zero-order valence-electron chi connectivity index (χ0n) is 8.90. The second-order valence-corrected chi connectivity index (χ2v) is 3.48. The fourth-order valence-electron chi connectivity index (χ4n) is 1.27. The summed E-state index contributed by atoms with van der Waals surface area (Å²) in [5.74, 6) is 0.0151. The van der Waals surface area contributed by atoms with Crippen LogP contribution >= 0.6 is 11.6 Å². The molecule has 0 aliphatic carbocycles. The van der Waals surface area contributed by atoms with Gasteiger partial charge in [-0.25, -0.2) is 4.79 Å². The van der Waals surface area contributed by atoms with Crippen molar-refractivity contribution in [1.29, 1.82) is 0 Å². The van der Waals surface area contributed by atoms with E-state index >= 15 is 0 Å². The summed E-state index contributed by atoms with van der Waals surface area (Å²) in [5, 5.41) is 8.84. The molecule has 0 unspecified atom stereocenters. The lowest BCUT2D eigenvalue weighted by Crippen LogP contribution is -2.04. The van der Waals surface area contributed by atoms with Crippen molar-refractivity contribution in [3.8, 4) is 5.75 Å². The molecule has 0 aliphatic rings. The van der Waals surface area contributed by atoms with E-state index in [-0.39, 0.29) is 5.56 Å². The Bertz CT molecular complexity index is 365. The molecule has 88 valence electrons. The lowest BCUT2D eigenvalue weighted by molar-refractivity contribution is 0.0696. The number of methoxy groups -OCH3 is 1. The van der Waals surface area contributed by atoms with Crippen molar-refractivity contribution in [1.82, 2.24) is 0 Å². The van der Waals surface area contributed by atoms with Gasteiger partial charge < -0.3 is 14.6 Å². The largest absolute Gasteiger partial charge is 0.492 e. The standard InChI is InChI=1S/C11H13ClO4/c1-15-7-9-6-8(11(13)14)2-3-10(9)16-5-4-12/h2-3,6H,4-5,7H2,1H3,(H,13,14).